The molecule has 0 aliphatic carbocycles. The Morgan fingerprint density at radius 3 is 2.62 bits per heavy atom. The molecule has 1 aliphatic rings. The SMILES string of the molecule is O=C(COc1ccc(F)cc1)Nc1ccc(N2CCOCC2)nc1. The molecule has 0 unspecified atom stereocenters. The maximum atomic E-state index is 12.8. The van der Waals surface area contributed by atoms with Crippen LogP contribution in [0.2, 0.25) is 0 Å². The first kappa shape index (κ1) is 16.2. The molecule has 0 radical (unpaired) electrons. The monoisotopic (exact) mass is 331 g/mol. The highest BCUT2D eigenvalue weighted by atomic mass is 19.1. The molecule has 6 nitrogen and oxygen atoms in total. The molecule has 1 N–H and O–H groups in total. The van der Waals surface area contributed by atoms with Gasteiger partial charge in [-0.1, -0.05) is 0 Å². The molecule has 1 aromatic heterocycles. The minimum Gasteiger partial charge on any atom is -0.484 e. The molecule has 1 saturated heterocycles. The van der Waals surface area contributed by atoms with Gasteiger partial charge in [0, 0.05) is 13.1 Å². The molecule has 1 aliphatic heterocycles. The number of nitrogens with zero attached hydrogens (tertiary/aromatic N) is 2. The lowest BCUT2D eigenvalue weighted by Gasteiger charge is -2.27. The third-order valence-electron chi connectivity index (χ3n) is 3.55. The Labute approximate surface area is 139 Å². The van der Waals surface area contributed by atoms with Gasteiger partial charge in [-0.3, -0.25) is 4.79 Å². The zero-order chi connectivity index (χ0) is 16.8. The van der Waals surface area contributed by atoms with Gasteiger partial charge in [-0.15, -0.1) is 0 Å². The Hall–Kier alpha value is -2.67. The van der Waals surface area contributed by atoms with Gasteiger partial charge >= 0.3 is 0 Å². The molecule has 7 heteroatoms. The summed E-state index contributed by atoms with van der Waals surface area (Å²) in [4.78, 5) is 18.4. The molecule has 0 bridgehead atoms. The van der Waals surface area contributed by atoms with Crippen molar-refractivity contribution >= 4 is 17.4 Å². The van der Waals surface area contributed by atoms with Gasteiger partial charge in [-0.2, -0.15) is 0 Å². The predicted octanol–water partition coefficient (Wildman–Crippen LogP) is 2.07. The quantitative estimate of drug-likeness (QED) is 0.909. The van der Waals surface area contributed by atoms with Gasteiger partial charge in [0.25, 0.3) is 5.91 Å². The van der Waals surface area contributed by atoms with Crippen molar-refractivity contribution in [3.05, 3.63) is 48.4 Å². The molecular formula is C17H18FN3O3. The second-order valence-corrected chi connectivity index (χ2v) is 5.30. The van der Waals surface area contributed by atoms with Crippen LogP contribution in [0.5, 0.6) is 5.75 Å². The second kappa shape index (κ2) is 7.74. The van der Waals surface area contributed by atoms with Crippen molar-refractivity contribution in [1.29, 1.82) is 0 Å². The minimum absolute atomic E-state index is 0.156. The van der Waals surface area contributed by atoms with Crippen LogP contribution >= 0.6 is 0 Å². The zero-order valence-electron chi connectivity index (χ0n) is 13.1. The van der Waals surface area contributed by atoms with E-state index in [4.69, 9.17) is 9.47 Å². The van der Waals surface area contributed by atoms with E-state index in [1.54, 1.807) is 12.3 Å². The number of ether oxygens (including phenoxy) is 2. The maximum Gasteiger partial charge on any atom is 0.262 e. The highest BCUT2D eigenvalue weighted by Gasteiger charge is 2.12. The number of aromatic nitrogens is 1. The first-order chi connectivity index (χ1) is 11.7. The van der Waals surface area contributed by atoms with Gasteiger partial charge in [-0.25, -0.2) is 9.37 Å². The molecule has 0 saturated carbocycles. The Kier molecular flexibility index (Phi) is 5.22. The molecule has 126 valence electrons. The van der Waals surface area contributed by atoms with Gasteiger partial charge in [0.15, 0.2) is 6.61 Å². The zero-order valence-corrected chi connectivity index (χ0v) is 13.1. The lowest BCUT2D eigenvalue weighted by Crippen LogP contribution is -2.36. The number of carbonyl (C=O) groups excluding carboxylic acids is 1. The topological polar surface area (TPSA) is 63.7 Å². The Morgan fingerprint density at radius 2 is 1.96 bits per heavy atom. The fraction of sp³-hybridized carbons (Fsp3) is 0.294. The number of anilines is 2. The summed E-state index contributed by atoms with van der Waals surface area (Å²) < 4.78 is 23.4. The number of hydrogen-bond acceptors (Lipinski definition) is 5. The first-order valence-electron chi connectivity index (χ1n) is 7.68. The predicted molar refractivity (Wildman–Crippen MR) is 87.8 cm³/mol. The Morgan fingerprint density at radius 1 is 1.21 bits per heavy atom. The first-order valence-corrected chi connectivity index (χ1v) is 7.68. The molecule has 1 aromatic carbocycles. The third kappa shape index (κ3) is 4.42. The molecule has 3 rings (SSSR count). The van der Waals surface area contributed by atoms with Crippen LogP contribution in [0.25, 0.3) is 0 Å². The average molecular weight is 331 g/mol. The van der Waals surface area contributed by atoms with Crippen molar-refractivity contribution in [2.45, 2.75) is 0 Å². The van der Waals surface area contributed by atoms with Gasteiger partial charge in [-0.05, 0) is 36.4 Å². The molecule has 0 atom stereocenters. The number of pyridine rings is 1. The van der Waals surface area contributed by atoms with Crippen LogP contribution in [-0.2, 0) is 9.53 Å². The largest absolute Gasteiger partial charge is 0.484 e. The molecule has 1 fully saturated rings. The van der Waals surface area contributed by atoms with E-state index in [-0.39, 0.29) is 18.3 Å². The van der Waals surface area contributed by atoms with E-state index in [9.17, 15) is 9.18 Å². The smallest absolute Gasteiger partial charge is 0.262 e. The van der Waals surface area contributed by atoms with Crippen molar-refractivity contribution in [3.8, 4) is 5.75 Å². The molecular weight excluding hydrogens is 313 g/mol. The van der Waals surface area contributed by atoms with E-state index in [0.29, 0.717) is 24.7 Å². The van der Waals surface area contributed by atoms with Gasteiger partial charge in [0.1, 0.15) is 17.4 Å². The van der Waals surface area contributed by atoms with Gasteiger partial charge in [0.2, 0.25) is 0 Å². The lowest BCUT2D eigenvalue weighted by molar-refractivity contribution is -0.118. The molecule has 1 amide bonds. The molecule has 24 heavy (non-hydrogen) atoms. The van der Waals surface area contributed by atoms with Crippen LogP contribution in [0, 0.1) is 5.82 Å². The number of benzene rings is 1. The van der Waals surface area contributed by atoms with Crippen molar-refractivity contribution in [1.82, 2.24) is 4.98 Å². The van der Waals surface area contributed by atoms with Crippen molar-refractivity contribution in [3.63, 3.8) is 0 Å². The molecule has 2 heterocycles. The van der Waals surface area contributed by atoms with Gasteiger partial charge < -0.3 is 19.7 Å². The number of nitrogens with one attached hydrogen (secondary N) is 1. The van der Waals surface area contributed by atoms with Crippen LogP contribution < -0.4 is 15.0 Å². The standard InChI is InChI=1S/C17H18FN3O3/c18-13-1-4-15(5-2-13)24-12-17(22)20-14-3-6-16(19-11-14)21-7-9-23-10-8-21/h1-6,11H,7-10,12H2,(H,20,22). The highest BCUT2D eigenvalue weighted by molar-refractivity contribution is 5.91. The number of amides is 1. The summed E-state index contributed by atoms with van der Waals surface area (Å²) in [7, 11) is 0. The highest BCUT2D eigenvalue weighted by Crippen LogP contribution is 2.16. The van der Waals surface area contributed by atoms with E-state index in [1.807, 2.05) is 6.07 Å². The van der Waals surface area contributed by atoms with E-state index in [0.717, 1.165) is 18.9 Å². The summed E-state index contributed by atoms with van der Waals surface area (Å²) in [5.41, 5.74) is 0.597. The minimum atomic E-state index is -0.349. The second-order valence-electron chi connectivity index (χ2n) is 5.30. The van der Waals surface area contributed by atoms with Crippen LogP contribution in [0.4, 0.5) is 15.9 Å². The van der Waals surface area contributed by atoms with Crippen molar-refractivity contribution in [2.24, 2.45) is 0 Å². The fourth-order valence-corrected chi connectivity index (χ4v) is 2.32. The molecule has 2 aromatic rings. The van der Waals surface area contributed by atoms with Crippen LogP contribution in [-0.4, -0.2) is 43.8 Å². The van der Waals surface area contributed by atoms with Crippen LogP contribution in [0.15, 0.2) is 42.6 Å². The maximum absolute atomic E-state index is 12.8. The summed E-state index contributed by atoms with van der Waals surface area (Å²) in [6, 6.07) is 9.17. The van der Waals surface area contributed by atoms with E-state index in [1.165, 1.54) is 24.3 Å². The summed E-state index contributed by atoms with van der Waals surface area (Å²) in [5, 5.41) is 2.71. The Balaban J connectivity index is 1.49. The normalized spacial score (nSPS) is 14.3. The molecule has 0 spiro atoms. The summed E-state index contributed by atoms with van der Waals surface area (Å²) in [6.45, 7) is 2.85. The summed E-state index contributed by atoms with van der Waals surface area (Å²) >= 11 is 0. The average Bonchev–Trinajstić information content (AvgIpc) is 2.63. The fourth-order valence-electron chi connectivity index (χ4n) is 2.32. The van der Waals surface area contributed by atoms with Crippen molar-refractivity contribution < 1.29 is 18.7 Å². The van der Waals surface area contributed by atoms with E-state index >= 15 is 0 Å². The number of morpholine rings is 1. The lowest BCUT2D eigenvalue weighted by atomic mass is 10.3. The Bertz CT molecular complexity index is 670. The van der Waals surface area contributed by atoms with Crippen molar-refractivity contribution in [2.75, 3.05) is 43.1 Å². The summed E-state index contributed by atoms with van der Waals surface area (Å²) in [6.07, 6.45) is 1.61. The van der Waals surface area contributed by atoms with Crippen LogP contribution in [0.1, 0.15) is 0 Å². The number of carbonyl (C=O) groups is 1. The third-order valence-corrected chi connectivity index (χ3v) is 3.55. The van der Waals surface area contributed by atoms with Crippen LogP contribution in [0.3, 0.4) is 0 Å². The number of rotatable bonds is 5. The van der Waals surface area contributed by atoms with E-state index in [2.05, 4.69) is 15.2 Å². The van der Waals surface area contributed by atoms with Gasteiger partial charge in [0.05, 0.1) is 25.1 Å². The number of hydrogen-bond donors (Lipinski definition) is 1. The van der Waals surface area contributed by atoms with E-state index < -0.39 is 0 Å². The number of halogens is 1. The summed E-state index contributed by atoms with van der Waals surface area (Å²) in [5.74, 6) is 0.643.